The summed E-state index contributed by atoms with van der Waals surface area (Å²) in [6.45, 7) is 0. The van der Waals surface area contributed by atoms with Crippen molar-refractivity contribution in [3.8, 4) is 12.3 Å². The molecule has 1 atom stereocenters. The number of hydrogen-bond acceptors (Lipinski definition) is 1. The summed E-state index contributed by atoms with van der Waals surface area (Å²) in [5.74, 6) is 2.73. The second kappa shape index (κ2) is 7.32. The Labute approximate surface area is 143 Å². The Morgan fingerprint density at radius 3 is 1.58 bits per heavy atom. The molecule has 0 aromatic heterocycles. The van der Waals surface area contributed by atoms with Crippen LogP contribution in [0.25, 0.3) is 0 Å². The van der Waals surface area contributed by atoms with Gasteiger partial charge in [0.15, 0.2) is 0 Å². The van der Waals surface area contributed by atoms with E-state index >= 15 is 0 Å². The minimum atomic E-state index is -3.05. The topological polar surface area (TPSA) is 29.1 Å². The monoisotopic (exact) mass is 331 g/mol. The van der Waals surface area contributed by atoms with Crippen LogP contribution in [0.1, 0.15) is 11.6 Å². The fraction of sp³-hybridized carbons (Fsp3) is 0.0476. The van der Waals surface area contributed by atoms with Crippen molar-refractivity contribution < 1.29 is 4.57 Å². The van der Waals surface area contributed by atoms with Crippen molar-refractivity contribution in [2.45, 2.75) is 6.04 Å². The molecule has 0 saturated heterocycles. The summed E-state index contributed by atoms with van der Waals surface area (Å²) in [5, 5.41) is 4.73. The van der Waals surface area contributed by atoms with E-state index in [2.05, 4.69) is 11.0 Å². The van der Waals surface area contributed by atoms with Crippen LogP contribution in [-0.4, -0.2) is 0 Å². The molecule has 1 N–H and O–H groups in total. The molecule has 0 aliphatic rings. The summed E-state index contributed by atoms with van der Waals surface area (Å²) >= 11 is 0. The summed E-state index contributed by atoms with van der Waals surface area (Å²) in [7, 11) is -3.05. The van der Waals surface area contributed by atoms with Crippen molar-refractivity contribution in [3.05, 3.63) is 96.6 Å². The lowest BCUT2D eigenvalue weighted by atomic mass is 10.1. The molecule has 0 aliphatic heterocycles. The van der Waals surface area contributed by atoms with Crippen molar-refractivity contribution >= 4 is 17.9 Å². The molecule has 0 saturated carbocycles. The quantitative estimate of drug-likeness (QED) is 0.568. The Morgan fingerprint density at radius 2 is 1.17 bits per heavy atom. The SMILES string of the molecule is C#C[C@@H](NP(=O)(c1ccccc1)c1ccccc1)c1ccccc1. The molecule has 3 rings (SSSR count). The number of nitrogens with one attached hydrogen (secondary N) is 1. The van der Waals surface area contributed by atoms with Gasteiger partial charge in [0.2, 0.25) is 7.29 Å². The van der Waals surface area contributed by atoms with E-state index in [0.717, 1.165) is 16.2 Å². The van der Waals surface area contributed by atoms with Crippen molar-refractivity contribution in [3.63, 3.8) is 0 Å². The normalized spacial score (nSPS) is 12.3. The van der Waals surface area contributed by atoms with Crippen LogP contribution >= 0.6 is 7.29 Å². The predicted octanol–water partition coefficient (Wildman–Crippen LogP) is 3.88. The van der Waals surface area contributed by atoms with E-state index in [1.807, 2.05) is 91.0 Å². The molecule has 0 heterocycles. The lowest BCUT2D eigenvalue weighted by molar-refractivity contribution is 0.574. The van der Waals surface area contributed by atoms with E-state index < -0.39 is 13.3 Å². The molecule has 3 aromatic rings. The van der Waals surface area contributed by atoms with Crippen LogP contribution in [0.3, 0.4) is 0 Å². The van der Waals surface area contributed by atoms with Gasteiger partial charge in [-0.05, 0) is 29.8 Å². The number of rotatable bonds is 5. The van der Waals surface area contributed by atoms with Gasteiger partial charge in [-0.15, -0.1) is 6.42 Å². The number of benzene rings is 3. The van der Waals surface area contributed by atoms with Crippen molar-refractivity contribution in [1.29, 1.82) is 0 Å². The average molecular weight is 331 g/mol. The highest BCUT2D eigenvalue weighted by Gasteiger charge is 2.29. The van der Waals surface area contributed by atoms with Gasteiger partial charge in [0.25, 0.3) is 0 Å². The third kappa shape index (κ3) is 3.34. The molecule has 0 amide bonds. The van der Waals surface area contributed by atoms with E-state index in [1.165, 1.54) is 0 Å². The molecule has 24 heavy (non-hydrogen) atoms. The maximum Gasteiger partial charge on any atom is 0.205 e. The smallest absolute Gasteiger partial charge is 0.205 e. The molecular weight excluding hydrogens is 313 g/mol. The molecule has 0 fully saturated rings. The van der Waals surface area contributed by atoms with Gasteiger partial charge in [0.1, 0.15) is 6.04 Å². The molecule has 2 nitrogen and oxygen atoms in total. The van der Waals surface area contributed by atoms with Crippen LogP contribution in [-0.2, 0) is 4.57 Å². The zero-order valence-corrected chi connectivity index (χ0v) is 14.1. The largest absolute Gasteiger partial charge is 0.296 e. The van der Waals surface area contributed by atoms with Gasteiger partial charge < -0.3 is 0 Å². The summed E-state index contributed by atoms with van der Waals surface area (Å²) in [6, 6.07) is 28.1. The van der Waals surface area contributed by atoms with Crippen LogP contribution in [0.4, 0.5) is 0 Å². The van der Waals surface area contributed by atoms with Crippen LogP contribution in [0, 0.1) is 12.3 Å². The highest BCUT2D eigenvalue weighted by Crippen LogP contribution is 2.41. The Hall–Kier alpha value is -2.59. The van der Waals surface area contributed by atoms with Gasteiger partial charge >= 0.3 is 0 Å². The molecule has 3 aromatic carbocycles. The third-order valence-corrected chi connectivity index (χ3v) is 6.52. The van der Waals surface area contributed by atoms with Gasteiger partial charge in [0.05, 0.1) is 0 Å². The van der Waals surface area contributed by atoms with E-state index in [4.69, 9.17) is 6.42 Å². The first kappa shape index (κ1) is 16.3. The van der Waals surface area contributed by atoms with Crippen molar-refractivity contribution in [2.75, 3.05) is 0 Å². The minimum absolute atomic E-state index is 0.433. The van der Waals surface area contributed by atoms with Crippen molar-refractivity contribution in [2.24, 2.45) is 0 Å². The second-order valence-corrected chi connectivity index (χ2v) is 7.93. The van der Waals surface area contributed by atoms with E-state index in [0.29, 0.717) is 0 Å². The van der Waals surface area contributed by atoms with E-state index in [-0.39, 0.29) is 0 Å². The van der Waals surface area contributed by atoms with Gasteiger partial charge in [-0.1, -0.05) is 72.7 Å². The molecule has 0 bridgehead atoms. The van der Waals surface area contributed by atoms with Gasteiger partial charge in [-0.25, -0.2) is 5.09 Å². The Morgan fingerprint density at radius 1 is 0.750 bits per heavy atom. The Balaban J connectivity index is 2.07. The van der Waals surface area contributed by atoms with E-state index in [9.17, 15) is 4.57 Å². The van der Waals surface area contributed by atoms with Crippen LogP contribution in [0.2, 0.25) is 0 Å². The first-order valence-corrected chi connectivity index (χ1v) is 9.45. The summed E-state index contributed by atoms with van der Waals surface area (Å²) in [4.78, 5) is 0. The lowest BCUT2D eigenvalue weighted by Crippen LogP contribution is -2.30. The highest BCUT2D eigenvalue weighted by molar-refractivity contribution is 7.76. The molecular formula is C21H18NOP. The highest BCUT2D eigenvalue weighted by atomic mass is 31.2. The lowest BCUT2D eigenvalue weighted by Gasteiger charge is -2.24. The summed E-state index contributed by atoms with van der Waals surface area (Å²) in [6.07, 6.45) is 5.73. The van der Waals surface area contributed by atoms with Gasteiger partial charge in [-0.2, -0.15) is 0 Å². The van der Waals surface area contributed by atoms with E-state index in [1.54, 1.807) is 0 Å². The molecule has 0 spiro atoms. The first-order valence-electron chi connectivity index (χ1n) is 7.74. The summed E-state index contributed by atoms with van der Waals surface area (Å²) in [5.41, 5.74) is 0.923. The molecule has 0 aliphatic carbocycles. The zero-order chi connectivity index (χ0) is 16.8. The zero-order valence-electron chi connectivity index (χ0n) is 13.2. The van der Waals surface area contributed by atoms with Crippen molar-refractivity contribution in [1.82, 2.24) is 5.09 Å². The molecule has 118 valence electrons. The molecule has 3 heteroatoms. The second-order valence-electron chi connectivity index (χ2n) is 5.42. The summed E-state index contributed by atoms with van der Waals surface area (Å²) < 4.78 is 14.0. The first-order chi connectivity index (χ1) is 11.7. The molecule has 0 unspecified atom stereocenters. The molecule has 0 radical (unpaired) electrons. The standard InChI is InChI=1S/C21H18NOP/c1-2-21(18-12-6-3-7-13-18)22-24(23,19-14-8-4-9-15-19)20-16-10-5-11-17-20/h1,3-17,21H,(H,22,23)/t21-/m1/s1. The maximum atomic E-state index is 14.0. The predicted molar refractivity (Wildman–Crippen MR) is 101 cm³/mol. The van der Waals surface area contributed by atoms with Crippen LogP contribution < -0.4 is 15.7 Å². The van der Waals surface area contributed by atoms with Gasteiger partial charge in [0, 0.05) is 10.6 Å². The van der Waals surface area contributed by atoms with Gasteiger partial charge in [-0.3, -0.25) is 4.57 Å². The Bertz CT molecular complexity index is 826. The number of hydrogen-bond donors (Lipinski definition) is 1. The van der Waals surface area contributed by atoms with Crippen LogP contribution in [0.15, 0.2) is 91.0 Å². The van der Waals surface area contributed by atoms with Crippen LogP contribution in [0.5, 0.6) is 0 Å². The average Bonchev–Trinajstić information content (AvgIpc) is 2.68. The third-order valence-electron chi connectivity index (χ3n) is 3.85. The maximum absolute atomic E-state index is 14.0. The fourth-order valence-corrected chi connectivity index (χ4v) is 4.98. The minimum Gasteiger partial charge on any atom is -0.296 e. The fourth-order valence-electron chi connectivity index (χ4n) is 2.61. The Kier molecular flexibility index (Phi) is 4.96. The number of terminal acetylenes is 1.